The van der Waals surface area contributed by atoms with Crippen LogP contribution in [0.1, 0.15) is 25.2 Å². The number of thioether (sulfide) groups is 1. The fraction of sp³-hybridized carbons (Fsp3) is 0.318. The van der Waals surface area contributed by atoms with Gasteiger partial charge in [-0.1, -0.05) is 29.4 Å². The molecular weight excluding hydrogens is 516 g/mol. The van der Waals surface area contributed by atoms with Gasteiger partial charge in [-0.15, -0.1) is 10.2 Å². The molecule has 0 aliphatic rings. The van der Waals surface area contributed by atoms with Crippen molar-refractivity contribution in [3.05, 3.63) is 57.3 Å². The normalized spacial score (nSPS) is 10.8. The molecule has 3 rings (SSSR count). The van der Waals surface area contributed by atoms with Gasteiger partial charge >= 0.3 is 0 Å². The molecule has 0 atom stereocenters. The Kier molecular flexibility index (Phi) is 8.84. The highest BCUT2D eigenvalue weighted by Crippen LogP contribution is 2.29. The number of aryl methyl sites for hydroxylation is 1. The summed E-state index contributed by atoms with van der Waals surface area (Å²) in [5.41, 5.74) is 1.73. The van der Waals surface area contributed by atoms with Gasteiger partial charge in [-0.25, -0.2) is 0 Å². The molecule has 1 N–H and O–H groups in total. The van der Waals surface area contributed by atoms with Gasteiger partial charge in [-0.3, -0.25) is 4.79 Å². The van der Waals surface area contributed by atoms with Crippen LogP contribution in [0.3, 0.4) is 0 Å². The monoisotopic (exact) mass is 538 g/mol. The van der Waals surface area contributed by atoms with Crippen molar-refractivity contribution in [2.75, 3.05) is 17.7 Å². The molecule has 3 aromatic rings. The number of nitrogens with one attached hydrogen (secondary N) is 1. The molecule has 0 aliphatic carbocycles. The van der Waals surface area contributed by atoms with Crippen molar-refractivity contribution in [3.63, 3.8) is 0 Å². The summed E-state index contributed by atoms with van der Waals surface area (Å²) >= 11 is 10.7. The Balaban J connectivity index is 1.61. The molecular formula is C22H24BrClN4O3S. The average molecular weight is 540 g/mol. The molecule has 0 radical (unpaired) electrons. The number of hydrogen-bond acceptors (Lipinski definition) is 6. The molecule has 170 valence electrons. The van der Waals surface area contributed by atoms with E-state index in [1.165, 1.54) is 11.8 Å². The molecule has 0 saturated carbocycles. The summed E-state index contributed by atoms with van der Waals surface area (Å²) < 4.78 is 14.3. The van der Waals surface area contributed by atoms with Gasteiger partial charge in [0.25, 0.3) is 0 Å². The van der Waals surface area contributed by atoms with Gasteiger partial charge in [-0.05, 0) is 72.6 Å². The van der Waals surface area contributed by atoms with E-state index in [0.717, 1.165) is 10.0 Å². The molecule has 0 saturated heterocycles. The molecule has 1 aromatic heterocycles. The number of rotatable bonds is 10. The van der Waals surface area contributed by atoms with E-state index in [0.29, 0.717) is 46.3 Å². The first-order valence-electron chi connectivity index (χ1n) is 10.1. The zero-order valence-corrected chi connectivity index (χ0v) is 21.2. The Morgan fingerprint density at radius 2 is 1.97 bits per heavy atom. The Labute approximate surface area is 205 Å². The molecule has 2 aromatic carbocycles. The van der Waals surface area contributed by atoms with E-state index in [1.807, 2.05) is 43.5 Å². The van der Waals surface area contributed by atoms with Crippen LogP contribution in [0.4, 0.5) is 5.69 Å². The largest absolute Gasteiger partial charge is 0.490 e. The molecule has 1 heterocycles. The molecule has 10 heteroatoms. The maximum Gasteiger partial charge on any atom is 0.234 e. The third kappa shape index (κ3) is 6.40. The predicted octanol–water partition coefficient (Wildman–Crippen LogP) is 5.73. The van der Waals surface area contributed by atoms with Crippen molar-refractivity contribution >= 4 is 50.9 Å². The maximum atomic E-state index is 12.3. The van der Waals surface area contributed by atoms with Crippen LogP contribution in [0.2, 0.25) is 5.02 Å². The van der Waals surface area contributed by atoms with Gasteiger partial charge in [0.05, 0.1) is 17.4 Å². The topological polar surface area (TPSA) is 78.3 Å². The highest BCUT2D eigenvalue weighted by molar-refractivity contribution is 9.10. The van der Waals surface area contributed by atoms with E-state index in [2.05, 4.69) is 31.4 Å². The second-order valence-electron chi connectivity index (χ2n) is 6.78. The van der Waals surface area contributed by atoms with Gasteiger partial charge in [0.1, 0.15) is 6.61 Å². The van der Waals surface area contributed by atoms with Crippen LogP contribution < -0.4 is 14.8 Å². The van der Waals surface area contributed by atoms with Gasteiger partial charge in [0, 0.05) is 16.7 Å². The van der Waals surface area contributed by atoms with E-state index >= 15 is 0 Å². The highest BCUT2D eigenvalue weighted by Gasteiger charge is 2.15. The number of carbonyl (C=O) groups excluding carboxylic acids is 1. The molecule has 0 spiro atoms. The van der Waals surface area contributed by atoms with Crippen molar-refractivity contribution < 1.29 is 14.3 Å². The number of anilines is 1. The van der Waals surface area contributed by atoms with Crippen molar-refractivity contribution in [3.8, 4) is 11.5 Å². The van der Waals surface area contributed by atoms with Crippen LogP contribution in [0.25, 0.3) is 0 Å². The minimum Gasteiger partial charge on any atom is -0.490 e. The first-order chi connectivity index (χ1) is 15.4. The van der Waals surface area contributed by atoms with Gasteiger partial charge < -0.3 is 19.4 Å². The maximum absolute atomic E-state index is 12.3. The molecule has 7 nitrogen and oxygen atoms in total. The Morgan fingerprint density at radius 3 is 2.69 bits per heavy atom. The minimum absolute atomic E-state index is 0.155. The second-order valence-corrected chi connectivity index (χ2v) is 8.98. The summed E-state index contributed by atoms with van der Waals surface area (Å²) in [5.74, 6) is 2.08. The number of halogens is 2. The average Bonchev–Trinajstić information content (AvgIpc) is 3.16. The number of ether oxygens (including phenoxy) is 2. The van der Waals surface area contributed by atoms with Crippen molar-refractivity contribution in [2.45, 2.75) is 39.1 Å². The lowest BCUT2D eigenvalue weighted by molar-refractivity contribution is -0.113. The van der Waals surface area contributed by atoms with E-state index in [4.69, 9.17) is 21.1 Å². The molecule has 0 aliphatic heterocycles. The molecule has 32 heavy (non-hydrogen) atoms. The number of benzene rings is 2. The number of hydrogen-bond donors (Lipinski definition) is 1. The number of nitrogens with zero attached hydrogens (tertiary/aromatic N) is 3. The van der Waals surface area contributed by atoms with Gasteiger partial charge in [0.15, 0.2) is 22.5 Å². The summed E-state index contributed by atoms with van der Waals surface area (Å²) in [4.78, 5) is 12.3. The number of aromatic nitrogens is 3. The first kappa shape index (κ1) is 24.4. The predicted molar refractivity (Wildman–Crippen MR) is 131 cm³/mol. The summed E-state index contributed by atoms with van der Waals surface area (Å²) in [6.45, 7) is 7.40. The number of carbonyl (C=O) groups is 1. The Morgan fingerprint density at radius 1 is 1.16 bits per heavy atom. The van der Waals surface area contributed by atoms with Crippen molar-refractivity contribution in [2.24, 2.45) is 0 Å². The van der Waals surface area contributed by atoms with Crippen LogP contribution in [0.5, 0.6) is 11.5 Å². The molecule has 1 amide bonds. The van der Waals surface area contributed by atoms with E-state index in [-0.39, 0.29) is 18.3 Å². The highest BCUT2D eigenvalue weighted by atomic mass is 79.9. The summed E-state index contributed by atoms with van der Waals surface area (Å²) in [5, 5.41) is 12.5. The zero-order valence-electron chi connectivity index (χ0n) is 18.0. The Hall–Kier alpha value is -2.23. The fourth-order valence-corrected chi connectivity index (χ4v) is 4.14. The molecule has 0 bridgehead atoms. The lowest BCUT2D eigenvalue weighted by Crippen LogP contribution is -2.15. The van der Waals surface area contributed by atoms with E-state index in [1.54, 1.807) is 18.2 Å². The fourth-order valence-electron chi connectivity index (χ4n) is 2.90. The zero-order chi connectivity index (χ0) is 23.1. The first-order valence-corrected chi connectivity index (χ1v) is 12.2. The molecule has 0 unspecified atom stereocenters. The summed E-state index contributed by atoms with van der Waals surface area (Å²) in [6, 6.07) is 11.1. The van der Waals surface area contributed by atoms with Gasteiger partial charge in [0.2, 0.25) is 5.91 Å². The number of amides is 1. The van der Waals surface area contributed by atoms with E-state index < -0.39 is 0 Å². The van der Waals surface area contributed by atoms with Crippen LogP contribution in [-0.4, -0.2) is 33.0 Å². The lowest BCUT2D eigenvalue weighted by Gasteiger charge is -2.13. The Bertz CT molecular complexity index is 1090. The second kappa shape index (κ2) is 11.6. The third-order valence-electron chi connectivity index (χ3n) is 4.40. The quantitative estimate of drug-likeness (QED) is 0.332. The summed E-state index contributed by atoms with van der Waals surface area (Å²) in [7, 11) is 0. The van der Waals surface area contributed by atoms with Gasteiger partial charge in [-0.2, -0.15) is 0 Å². The molecule has 0 fully saturated rings. The van der Waals surface area contributed by atoms with Crippen molar-refractivity contribution in [1.29, 1.82) is 0 Å². The van der Waals surface area contributed by atoms with Crippen LogP contribution >= 0.6 is 39.3 Å². The standard InChI is InChI=1S/C22H24BrClN4O3S/c1-4-28-20(12-31-18-9-6-14(3)10-19(18)30-5-2)26-27-22(28)32-13-21(29)25-15-7-8-16(23)17(24)11-15/h6-11H,4-5,12-13H2,1-3H3,(H,25,29). The van der Waals surface area contributed by atoms with Crippen LogP contribution in [0.15, 0.2) is 46.0 Å². The van der Waals surface area contributed by atoms with Crippen molar-refractivity contribution in [1.82, 2.24) is 14.8 Å². The van der Waals surface area contributed by atoms with Crippen LogP contribution in [0, 0.1) is 6.92 Å². The summed E-state index contributed by atoms with van der Waals surface area (Å²) in [6.07, 6.45) is 0. The SMILES string of the molecule is CCOc1cc(C)ccc1OCc1nnc(SCC(=O)Nc2ccc(Br)c(Cl)c2)n1CC. The third-order valence-corrected chi connectivity index (χ3v) is 6.60. The van der Waals surface area contributed by atoms with Crippen LogP contribution in [-0.2, 0) is 17.9 Å². The lowest BCUT2D eigenvalue weighted by atomic mass is 10.2. The van der Waals surface area contributed by atoms with E-state index in [9.17, 15) is 4.79 Å². The minimum atomic E-state index is -0.155. The smallest absolute Gasteiger partial charge is 0.234 e.